The van der Waals surface area contributed by atoms with E-state index in [0.717, 1.165) is 0 Å². The smallest absolute Gasteiger partial charge is 0.218 e. The Morgan fingerprint density at radius 1 is 1.08 bits per heavy atom. The first-order valence-corrected chi connectivity index (χ1v) is 10.5. The molecule has 12 nitrogen and oxygen atoms in total. The lowest BCUT2D eigenvalue weighted by molar-refractivity contribution is -0.100. The van der Waals surface area contributed by atoms with Crippen LogP contribution < -0.4 is 0 Å². The first-order valence-electron chi connectivity index (χ1n) is 7.53. The maximum atomic E-state index is 10.8. The van der Waals surface area contributed by atoms with Gasteiger partial charge in [0.2, 0.25) is 10.4 Å². The minimum absolute atomic E-state index is 0.102. The molecule has 0 aromatic heterocycles. The van der Waals surface area contributed by atoms with E-state index in [1.54, 1.807) is 0 Å². The molecule has 26 heavy (non-hydrogen) atoms. The molecule has 1 heterocycles. The third-order valence-electron chi connectivity index (χ3n) is 3.98. The van der Waals surface area contributed by atoms with Gasteiger partial charge in [0.1, 0.15) is 54.2 Å². The Morgan fingerprint density at radius 3 is 2.12 bits per heavy atom. The zero-order valence-electron chi connectivity index (χ0n) is 13.5. The monoisotopic (exact) mass is 424 g/mol. The molecule has 0 aliphatic carbocycles. The molecule has 0 aromatic carbocycles. The fraction of sp³-hybridized carbons (Fsp3) is 1.00. The normalized spacial score (nSPS) is 32.8. The topological polar surface area (TPSA) is 228 Å². The van der Waals surface area contributed by atoms with E-state index in [1.165, 1.54) is 0 Å². The molecule has 1 aliphatic rings. The number of aliphatic hydroxyl groups excluding tert-OH is 8. The third-order valence-corrected chi connectivity index (χ3v) is 7.34. The second-order valence-electron chi connectivity index (χ2n) is 5.92. The van der Waals surface area contributed by atoms with Crippen molar-refractivity contribution in [3.8, 4) is 0 Å². The summed E-state index contributed by atoms with van der Waals surface area (Å²) in [7, 11) is -6.55. The van der Waals surface area contributed by atoms with Gasteiger partial charge >= 0.3 is 0 Å². The van der Waals surface area contributed by atoms with Gasteiger partial charge in [-0.25, -0.2) is 8.42 Å². The van der Waals surface area contributed by atoms with Gasteiger partial charge in [0.15, 0.2) is 5.25 Å². The molecule has 0 saturated carbocycles. The van der Waals surface area contributed by atoms with Crippen molar-refractivity contribution >= 4 is 21.3 Å². The molecule has 0 spiro atoms. The highest BCUT2D eigenvalue weighted by atomic mass is 32.3. The predicted octanol–water partition coefficient (Wildman–Crippen LogP) is -6.02. The minimum Gasteiger partial charge on any atom is -0.726 e. The van der Waals surface area contributed by atoms with Crippen LogP contribution in [0.1, 0.15) is 0 Å². The van der Waals surface area contributed by atoms with Crippen LogP contribution in [0.15, 0.2) is 0 Å². The Hall–Kier alpha value is -0.100. The van der Waals surface area contributed by atoms with Crippen LogP contribution in [-0.2, 0) is 25.5 Å². The van der Waals surface area contributed by atoms with Gasteiger partial charge in [0.05, 0.1) is 13.2 Å². The first-order chi connectivity index (χ1) is 11.9. The molecule has 156 valence electrons. The fourth-order valence-corrected chi connectivity index (χ4v) is 6.17. The van der Waals surface area contributed by atoms with Crippen molar-refractivity contribution in [3.63, 3.8) is 0 Å². The molecule has 1 unspecified atom stereocenters. The van der Waals surface area contributed by atoms with Crippen molar-refractivity contribution < 1.29 is 58.0 Å². The Kier molecular flexibility index (Phi) is 9.12. The maximum absolute atomic E-state index is 10.8. The zero-order chi connectivity index (χ0) is 20.2. The van der Waals surface area contributed by atoms with Gasteiger partial charge < -0.3 is 45.4 Å². The van der Waals surface area contributed by atoms with Crippen molar-refractivity contribution in [3.05, 3.63) is 0 Å². The summed E-state index contributed by atoms with van der Waals surface area (Å²) in [5, 5.41) is 75.8. The molecule has 1 saturated heterocycles. The molecule has 0 bridgehead atoms. The molecular weight excluding hydrogens is 400 g/mol. The molecular formula is C12H24O12S2. The van der Waals surface area contributed by atoms with Crippen molar-refractivity contribution in [2.75, 3.05) is 24.7 Å². The molecule has 1 aliphatic heterocycles. The van der Waals surface area contributed by atoms with Crippen molar-refractivity contribution in [1.29, 1.82) is 0 Å². The molecule has 8 N–H and O–H groups in total. The Labute approximate surface area is 152 Å². The van der Waals surface area contributed by atoms with Crippen LogP contribution in [0.2, 0.25) is 0 Å². The SMILES string of the molecule is O=S(=O)([O-])O[C@@H]([C@H](O)[C@H](O)CO)[C@@H](O)C[S+]1C[C@@H](O)[C@@H](O)[C@@H]1[C@@H](O)CO. The van der Waals surface area contributed by atoms with E-state index in [9.17, 15) is 43.6 Å². The lowest BCUT2D eigenvalue weighted by atomic mass is 10.0. The van der Waals surface area contributed by atoms with Crippen LogP contribution in [0.25, 0.3) is 0 Å². The van der Waals surface area contributed by atoms with E-state index in [-0.39, 0.29) is 5.75 Å². The fourth-order valence-electron chi connectivity index (χ4n) is 2.70. The zero-order valence-corrected chi connectivity index (χ0v) is 15.1. The summed E-state index contributed by atoms with van der Waals surface area (Å²) >= 11 is 0. The Balaban J connectivity index is 2.98. The Bertz CT molecular complexity index is 530. The summed E-state index contributed by atoms with van der Waals surface area (Å²) in [6.45, 7) is -1.75. The van der Waals surface area contributed by atoms with E-state index < -0.39 is 88.2 Å². The lowest BCUT2D eigenvalue weighted by Gasteiger charge is -2.30. The molecule has 1 fully saturated rings. The van der Waals surface area contributed by atoms with Crippen molar-refractivity contribution in [2.45, 2.75) is 48.0 Å². The van der Waals surface area contributed by atoms with Crippen LogP contribution in [0.3, 0.4) is 0 Å². The molecule has 1 rings (SSSR count). The number of hydrogen-bond acceptors (Lipinski definition) is 12. The van der Waals surface area contributed by atoms with Gasteiger partial charge in [-0.2, -0.15) is 0 Å². The summed E-state index contributed by atoms with van der Waals surface area (Å²) in [5.74, 6) is -0.527. The van der Waals surface area contributed by atoms with Gasteiger partial charge in [0.25, 0.3) is 0 Å². The van der Waals surface area contributed by atoms with Crippen LogP contribution in [0.5, 0.6) is 0 Å². The second-order valence-corrected chi connectivity index (χ2v) is 9.22. The first kappa shape index (κ1) is 23.9. The van der Waals surface area contributed by atoms with Crippen molar-refractivity contribution in [2.24, 2.45) is 0 Å². The van der Waals surface area contributed by atoms with E-state index in [4.69, 9.17) is 10.2 Å². The highest BCUT2D eigenvalue weighted by Crippen LogP contribution is 2.28. The molecule has 9 atom stereocenters. The number of aliphatic hydroxyl groups is 8. The molecule has 0 radical (unpaired) electrons. The molecule has 14 heteroatoms. The largest absolute Gasteiger partial charge is 0.726 e. The van der Waals surface area contributed by atoms with E-state index in [0.29, 0.717) is 0 Å². The molecule has 0 aromatic rings. The van der Waals surface area contributed by atoms with Gasteiger partial charge in [-0.15, -0.1) is 0 Å². The second kappa shape index (κ2) is 9.90. The highest BCUT2D eigenvalue weighted by Gasteiger charge is 2.54. The van der Waals surface area contributed by atoms with Crippen LogP contribution in [0, 0.1) is 0 Å². The quantitative estimate of drug-likeness (QED) is 0.0931. The van der Waals surface area contributed by atoms with Gasteiger partial charge in [-0.3, -0.25) is 4.18 Å². The summed E-state index contributed by atoms with van der Waals surface area (Å²) in [5.41, 5.74) is 0. The van der Waals surface area contributed by atoms with Crippen molar-refractivity contribution in [1.82, 2.24) is 0 Å². The van der Waals surface area contributed by atoms with Crippen LogP contribution in [0.4, 0.5) is 0 Å². The van der Waals surface area contributed by atoms with Gasteiger partial charge in [0, 0.05) is 10.9 Å². The van der Waals surface area contributed by atoms with Crippen LogP contribution in [-0.4, -0.2) is 127 Å². The van der Waals surface area contributed by atoms with E-state index in [1.807, 2.05) is 0 Å². The van der Waals surface area contributed by atoms with Gasteiger partial charge in [-0.1, -0.05) is 0 Å². The maximum Gasteiger partial charge on any atom is 0.218 e. The summed E-state index contributed by atoms with van der Waals surface area (Å²) in [4.78, 5) is 0. The summed E-state index contributed by atoms with van der Waals surface area (Å²) < 4.78 is 36.6. The molecule has 0 amide bonds. The predicted molar refractivity (Wildman–Crippen MR) is 85.7 cm³/mol. The standard InChI is InChI=1S/C12H24O12S2/c13-1-5(15)9(19)11(24-26(21,22)23)8(18)4-25-3-7(17)10(20)12(25)6(16)2-14/h5-20H,1-4H2/t5-,6+,7-,8+,9-,10-,11-,12+,25?/m1/s1. The average molecular weight is 424 g/mol. The third kappa shape index (κ3) is 6.22. The van der Waals surface area contributed by atoms with E-state index >= 15 is 0 Å². The Morgan fingerprint density at radius 2 is 1.65 bits per heavy atom. The van der Waals surface area contributed by atoms with Gasteiger partial charge in [-0.05, 0) is 0 Å². The number of rotatable bonds is 10. The minimum atomic E-state index is -5.39. The number of hydrogen-bond donors (Lipinski definition) is 8. The van der Waals surface area contributed by atoms with Crippen LogP contribution >= 0.6 is 0 Å². The average Bonchev–Trinajstić information content (AvgIpc) is 2.83. The highest BCUT2D eigenvalue weighted by molar-refractivity contribution is 7.97. The summed E-state index contributed by atoms with van der Waals surface area (Å²) in [6, 6.07) is 0. The van der Waals surface area contributed by atoms with E-state index in [2.05, 4.69) is 4.18 Å². The summed E-state index contributed by atoms with van der Waals surface area (Å²) in [6.07, 6.45) is -12.2. The lowest BCUT2D eigenvalue weighted by Crippen LogP contribution is -2.52.